The van der Waals surface area contributed by atoms with Crippen LogP contribution in [0, 0.1) is 5.92 Å². The molecule has 1 saturated heterocycles. The number of hydrogen-bond donors (Lipinski definition) is 5. The molecule has 11 heteroatoms. The highest BCUT2D eigenvalue weighted by Gasteiger charge is 2.37. The van der Waals surface area contributed by atoms with E-state index in [0.29, 0.717) is 19.4 Å². The molecular weight excluding hydrogens is 396 g/mol. The van der Waals surface area contributed by atoms with E-state index in [0.717, 1.165) is 0 Å². The highest BCUT2D eigenvalue weighted by molar-refractivity contribution is 5.94. The minimum Gasteiger partial charge on any atom is -0.481 e. The molecule has 6 N–H and O–H groups in total. The van der Waals surface area contributed by atoms with Gasteiger partial charge in [-0.15, -0.1) is 0 Å². The van der Waals surface area contributed by atoms with Crippen molar-refractivity contribution in [1.82, 2.24) is 15.5 Å². The van der Waals surface area contributed by atoms with Gasteiger partial charge < -0.3 is 31.5 Å². The van der Waals surface area contributed by atoms with Gasteiger partial charge in [0.1, 0.15) is 18.1 Å². The molecule has 0 aromatic heterocycles. The van der Waals surface area contributed by atoms with Gasteiger partial charge in [0.15, 0.2) is 0 Å². The summed E-state index contributed by atoms with van der Waals surface area (Å²) in [4.78, 5) is 61.3. The first kappa shape index (κ1) is 25.3. The molecule has 4 unspecified atom stereocenters. The van der Waals surface area contributed by atoms with Crippen molar-refractivity contribution >= 4 is 29.7 Å². The van der Waals surface area contributed by atoms with Crippen LogP contribution in [0.25, 0.3) is 0 Å². The molecule has 0 aromatic carbocycles. The van der Waals surface area contributed by atoms with Gasteiger partial charge in [0.05, 0.1) is 6.04 Å². The molecular formula is C19H32N4O7. The van der Waals surface area contributed by atoms with Crippen molar-refractivity contribution in [1.29, 1.82) is 0 Å². The topological polar surface area (TPSA) is 179 Å². The Kier molecular flexibility index (Phi) is 9.70. The van der Waals surface area contributed by atoms with Gasteiger partial charge in [-0.25, -0.2) is 4.79 Å². The molecule has 1 aliphatic heterocycles. The number of carboxylic acid groups (broad SMARTS) is 2. The van der Waals surface area contributed by atoms with Gasteiger partial charge in [0.2, 0.25) is 17.7 Å². The Morgan fingerprint density at radius 1 is 1.07 bits per heavy atom. The van der Waals surface area contributed by atoms with Crippen LogP contribution in [0.15, 0.2) is 0 Å². The second-order valence-corrected chi connectivity index (χ2v) is 8.00. The number of hydrogen-bond acceptors (Lipinski definition) is 6. The largest absolute Gasteiger partial charge is 0.481 e. The molecule has 0 bridgehead atoms. The van der Waals surface area contributed by atoms with E-state index >= 15 is 0 Å². The Bertz CT molecular complexity index is 665. The van der Waals surface area contributed by atoms with Crippen molar-refractivity contribution < 1.29 is 34.2 Å². The van der Waals surface area contributed by atoms with Crippen LogP contribution in [0.3, 0.4) is 0 Å². The summed E-state index contributed by atoms with van der Waals surface area (Å²) >= 11 is 0. The predicted molar refractivity (Wildman–Crippen MR) is 106 cm³/mol. The van der Waals surface area contributed by atoms with Crippen LogP contribution < -0.4 is 16.4 Å². The van der Waals surface area contributed by atoms with Gasteiger partial charge in [-0.3, -0.25) is 19.2 Å². The predicted octanol–water partition coefficient (Wildman–Crippen LogP) is -0.710. The van der Waals surface area contributed by atoms with Gasteiger partial charge in [0, 0.05) is 13.0 Å². The molecule has 4 atom stereocenters. The molecule has 11 nitrogen and oxygen atoms in total. The SMILES string of the molecule is CC(C)CC(NC(=O)C(CCC(=O)O)NC(=O)C1CCCN1C(=O)C(C)N)C(=O)O. The lowest BCUT2D eigenvalue weighted by Gasteiger charge is -2.28. The van der Waals surface area contributed by atoms with Crippen LogP contribution in [-0.2, 0) is 24.0 Å². The number of nitrogens with two attached hydrogens (primary N) is 1. The number of carboxylic acids is 2. The maximum atomic E-state index is 12.8. The first-order valence-electron chi connectivity index (χ1n) is 10.0. The van der Waals surface area contributed by atoms with E-state index < -0.39 is 54.3 Å². The summed E-state index contributed by atoms with van der Waals surface area (Å²) in [6, 6.07) is -3.99. The van der Waals surface area contributed by atoms with E-state index in [1.54, 1.807) is 13.8 Å². The molecule has 1 heterocycles. The minimum absolute atomic E-state index is 0.00484. The van der Waals surface area contributed by atoms with Crippen molar-refractivity contribution in [3.8, 4) is 0 Å². The third kappa shape index (κ3) is 7.62. The van der Waals surface area contributed by atoms with E-state index in [4.69, 9.17) is 10.8 Å². The summed E-state index contributed by atoms with van der Waals surface area (Å²) in [5, 5.41) is 23.1. The fourth-order valence-electron chi connectivity index (χ4n) is 3.33. The first-order chi connectivity index (χ1) is 13.9. The quantitative estimate of drug-likeness (QED) is 0.286. The molecule has 1 rings (SSSR count). The Hall–Kier alpha value is -2.69. The van der Waals surface area contributed by atoms with E-state index in [-0.39, 0.29) is 24.7 Å². The number of amides is 3. The molecule has 0 saturated carbocycles. The van der Waals surface area contributed by atoms with E-state index in [2.05, 4.69) is 10.6 Å². The summed E-state index contributed by atoms with van der Waals surface area (Å²) in [6.07, 6.45) is 0.558. The lowest BCUT2D eigenvalue weighted by Crippen LogP contribution is -2.56. The normalized spacial score (nSPS) is 19.1. The Morgan fingerprint density at radius 3 is 2.20 bits per heavy atom. The van der Waals surface area contributed by atoms with Crippen LogP contribution >= 0.6 is 0 Å². The number of nitrogens with one attached hydrogen (secondary N) is 2. The molecule has 3 amide bonds. The fraction of sp³-hybridized carbons (Fsp3) is 0.737. The molecule has 1 fully saturated rings. The molecule has 170 valence electrons. The summed E-state index contributed by atoms with van der Waals surface area (Å²) in [7, 11) is 0. The molecule has 30 heavy (non-hydrogen) atoms. The molecule has 0 aliphatic carbocycles. The van der Waals surface area contributed by atoms with Gasteiger partial charge in [0.25, 0.3) is 0 Å². The third-order valence-corrected chi connectivity index (χ3v) is 4.83. The fourth-order valence-corrected chi connectivity index (χ4v) is 3.33. The van der Waals surface area contributed by atoms with Crippen LogP contribution in [0.4, 0.5) is 0 Å². The third-order valence-electron chi connectivity index (χ3n) is 4.83. The number of likely N-dealkylation sites (tertiary alicyclic amines) is 1. The maximum Gasteiger partial charge on any atom is 0.326 e. The summed E-state index contributed by atoms with van der Waals surface area (Å²) < 4.78 is 0. The van der Waals surface area contributed by atoms with Crippen molar-refractivity contribution in [2.75, 3.05) is 6.54 Å². The van der Waals surface area contributed by atoms with Gasteiger partial charge in [-0.1, -0.05) is 13.8 Å². The zero-order valence-electron chi connectivity index (χ0n) is 17.6. The van der Waals surface area contributed by atoms with Crippen LogP contribution in [-0.4, -0.2) is 75.5 Å². The average Bonchev–Trinajstić information content (AvgIpc) is 3.12. The van der Waals surface area contributed by atoms with E-state index in [1.807, 2.05) is 0 Å². The Morgan fingerprint density at radius 2 is 1.70 bits per heavy atom. The second-order valence-electron chi connectivity index (χ2n) is 8.00. The number of aliphatic carboxylic acids is 2. The van der Waals surface area contributed by atoms with Crippen LogP contribution in [0.5, 0.6) is 0 Å². The lowest BCUT2D eigenvalue weighted by molar-refractivity contribution is -0.144. The van der Waals surface area contributed by atoms with E-state index in [1.165, 1.54) is 11.8 Å². The van der Waals surface area contributed by atoms with Crippen LogP contribution in [0.2, 0.25) is 0 Å². The zero-order valence-corrected chi connectivity index (χ0v) is 17.6. The smallest absolute Gasteiger partial charge is 0.326 e. The van der Waals surface area contributed by atoms with Crippen molar-refractivity contribution in [2.45, 2.75) is 77.0 Å². The highest BCUT2D eigenvalue weighted by atomic mass is 16.4. The zero-order chi connectivity index (χ0) is 23.0. The van der Waals surface area contributed by atoms with Crippen molar-refractivity contribution in [2.24, 2.45) is 11.7 Å². The number of carbonyl (C=O) groups excluding carboxylic acids is 3. The van der Waals surface area contributed by atoms with Crippen molar-refractivity contribution in [3.05, 3.63) is 0 Å². The van der Waals surface area contributed by atoms with Crippen LogP contribution in [0.1, 0.15) is 52.9 Å². The summed E-state index contributed by atoms with van der Waals surface area (Å²) in [5.41, 5.74) is 5.62. The standard InChI is InChI=1S/C19H32N4O7/c1-10(2)9-13(19(29)30)22-16(26)12(6-7-15(24)25)21-17(27)14-5-4-8-23(14)18(28)11(3)20/h10-14H,4-9,20H2,1-3H3,(H,21,27)(H,22,26)(H,24,25)(H,29,30). The highest BCUT2D eigenvalue weighted by Crippen LogP contribution is 2.19. The first-order valence-corrected chi connectivity index (χ1v) is 10.0. The summed E-state index contributed by atoms with van der Waals surface area (Å²) in [6.45, 7) is 5.48. The molecule has 0 aromatic rings. The number of rotatable bonds is 11. The van der Waals surface area contributed by atoms with Gasteiger partial charge in [-0.05, 0) is 38.5 Å². The monoisotopic (exact) mass is 428 g/mol. The van der Waals surface area contributed by atoms with Crippen molar-refractivity contribution in [3.63, 3.8) is 0 Å². The van der Waals surface area contributed by atoms with Gasteiger partial charge >= 0.3 is 11.9 Å². The second kappa shape index (κ2) is 11.5. The Labute approximate surface area is 175 Å². The average molecular weight is 428 g/mol. The van der Waals surface area contributed by atoms with E-state index in [9.17, 15) is 29.1 Å². The summed E-state index contributed by atoms with van der Waals surface area (Å²) in [5.74, 6) is -4.14. The molecule has 1 aliphatic rings. The minimum atomic E-state index is -1.24. The number of carbonyl (C=O) groups is 5. The number of nitrogens with zero attached hydrogens (tertiary/aromatic N) is 1. The van der Waals surface area contributed by atoms with Gasteiger partial charge in [-0.2, -0.15) is 0 Å². The molecule has 0 spiro atoms. The lowest BCUT2D eigenvalue weighted by atomic mass is 10.0. The molecule has 0 radical (unpaired) electrons. The Balaban J connectivity index is 2.92. The maximum absolute atomic E-state index is 12.8.